The van der Waals surface area contributed by atoms with Gasteiger partial charge in [-0.05, 0) is 84.9 Å². The third-order valence-electron chi connectivity index (χ3n) is 10.2. The van der Waals surface area contributed by atoms with Gasteiger partial charge in [-0.2, -0.15) is 0 Å². The quantitative estimate of drug-likeness (QED) is 0.0616. The molecule has 4 N–H and O–H groups in total. The number of hydrogen-bond acceptors (Lipinski definition) is 14. The van der Waals surface area contributed by atoms with E-state index in [2.05, 4.69) is 31.2 Å². The van der Waals surface area contributed by atoms with Crippen LogP contribution in [-0.4, -0.2) is 88.2 Å². The predicted octanol–water partition coefficient (Wildman–Crippen LogP) is 7.40. The van der Waals surface area contributed by atoms with E-state index in [1.807, 2.05) is 12.1 Å². The minimum atomic E-state index is -0.589. The first-order valence-corrected chi connectivity index (χ1v) is 19.7. The third kappa shape index (κ3) is 9.47. The van der Waals surface area contributed by atoms with Crippen molar-refractivity contribution in [3.63, 3.8) is 0 Å². The minimum absolute atomic E-state index is 0.0311. The fourth-order valence-corrected chi connectivity index (χ4v) is 6.73. The summed E-state index contributed by atoms with van der Waals surface area (Å²) < 4.78 is 31.2. The van der Waals surface area contributed by atoms with E-state index in [-0.39, 0.29) is 68.0 Å². The summed E-state index contributed by atoms with van der Waals surface area (Å²) in [5.41, 5.74) is 2.79. The number of fused-ring (bicyclic) bond motifs is 3. The van der Waals surface area contributed by atoms with Gasteiger partial charge < -0.3 is 49.7 Å². The van der Waals surface area contributed by atoms with Crippen LogP contribution in [0, 0.1) is 0 Å². The highest BCUT2D eigenvalue weighted by Gasteiger charge is 2.20. The van der Waals surface area contributed by atoms with Gasteiger partial charge in [0.1, 0.15) is 34.4 Å². The Hall–Kier alpha value is -9.06. The molecule has 2 aromatic heterocycles. The number of hydrogen-bond donors (Lipinski definition) is 4. The summed E-state index contributed by atoms with van der Waals surface area (Å²) in [6.45, 7) is 0. The van der Waals surface area contributed by atoms with Crippen LogP contribution in [0.2, 0.25) is 0 Å². The molecule has 0 unspecified atom stereocenters. The van der Waals surface area contributed by atoms with Gasteiger partial charge in [0, 0.05) is 21.9 Å². The number of nitrogens with zero attached hydrogens (tertiary/aromatic N) is 2. The van der Waals surface area contributed by atoms with Crippen molar-refractivity contribution in [2.45, 2.75) is 0 Å². The molecule has 0 spiro atoms. The number of ether oxygens (including phenoxy) is 6. The van der Waals surface area contributed by atoms with E-state index in [4.69, 9.17) is 28.4 Å². The molecule has 66 heavy (non-hydrogen) atoms. The highest BCUT2D eigenvalue weighted by atomic mass is 16.5. The van der Waals surface area contributed by atoms with Crippen LogP contribution < -0.4 is 40.2 Å². The van der Waals surface area contributed by atoms with E-state index in [0.29, 0.717) is 33.2 Å². The second-order valence-corrected chi connectivity index (χ2v) is 14.1. The van der Waals surface area contributed by atoms with Crippen molar-refractivity contribution in [1.29, 1.82) is 0 Å². The highest BCUT2D eigenvalue weighted by Crippen LogP contribution is 2.32. The molecule has 0 aliphatic carbocycles. The summed E-state index contributed by atoms with van der Waals surface area (Å²) in [6.07, 6.45) is 0. The lowest BCUT2D eigenvalue weighted by Gasteiger charge is -2.14. The third-order valence-corrected chi connectivity index (χ3v) is 10.2. The highest BCUT2D eigenvalue weighted by molar-refractivity contribution is 6.12. The zero-order valence-electron chi connectivity index (χ0n) is 36.2. The van der Waals surface area contributed by atoms with Crippen LogP contribution in [0.4, 0.5) is 22.7 Å². The van der Waals surface area contributed by atoms with Gasteiger partial charge in [0.05, 0.1) is 87.6 Å². The first-order chi connectivity index (χ1) is 31.9. The number of esters is 2. The van der Waals surface area contributed by atoms with E-state index in [9.17, 15) is 28.8 Å². The molecule has 0 atom stereocenters. The Morgan fingerprint density at radius 1 is 0.364 bits per heavy atom. The molecular formula is C48H40N6O12. The number of aromatic nitrogens is 2. The number of carbonyl (C=O) groups excluding carboxylic acids is 6. The van der Waals surface area contributed by atoms with E-state index >= 15 is 0 Å². The van der Waals surface area contributed by atoms with Crippen molar-refractivity contribution < 1.29 is 57.2 Å². The lowest BCUT2D eigenvalue weighted by Crippen LogP contribution is -2.16. The lowest BCUT2D eigenvalue weighted by molar-refractivity contribution is 0.0591. The minimum Gasteiger partial charge on any atom is -0.495 e. The molecule has 0 saturated carbocycles. The summed E-state index contributed by atoms with van der Waals surface area (Å²) in [6, 6.07) is 27.9. The number of amides is 4. The number of pyridine rings is 2. The van der Waals surface area contributed by atoms with Crippen LogP contribution in [0.25, 0.3) is 21.8 Å². The molecule has 0 radical (unpaired) electrons. The molecule has 0 fully saturated rings. The first kappa shape index (κ1) is 45.0. The van der Waals surface area contributed by atoms with Crippen molar-refractivity contribution in [1.82, 2.24) is 9.97 Å². The molecule has 18 nitrogen and oxygen atoms in total. The molecular weight excluding hydrogens is 853 g/mol. The Bertz CT molecular complexity index is 2890. The summed E-state index contributed by atoms with van der Waals surface area (Å²) in [5.74, 6) is -2.47. The van der Waals surface area contributed by atoms with Crippen molar-refractivity contribution >= 4 is 80.1 Å². The molecule has 0 saturated heterocycles. The van der Waals surface area contributed by atoms with Crippen molar-refractivity contribution in [3.8, 4) is 23.0 Å². The van der Waals surface area contributed by atoms with Crippen LogP contribution in [0.5, 0.6) is 23.0 Å². The van der Waals surface area contributed by atoms with Crippen LogP contribution in [-0.2, 0) is 9.47 Å². The second-order valence-electron chi connectivity index (χ2n) is 14.1. The van der Waals surface area contributed by atoms with Gasteiger partial charge >= 0.3 is 11.9 Å². The maximum Gasteiger partial charge on any atom is 0.337 e. The molecule has 4 amide bonds. The molecule has 2 heterocycles. The van der Waals surface area contributed by atoms with Crippen LogP contribution in [0.3, 0.4) is 0 Å². The maximum atomic E-state index is 13.7. The van der Waals surface area contributed by atoms with Crippen LogP contribution >= 0.6 is 0 Å². The molecule has 18 heteroatoms. The molecule has 0 bridgehead atoms. The fraction of sp³-hybridized carbons (Fsp3) is 0.125. The lowest BCUT2D eigenvalue weighted by atomic mass is 10.1. The number of rotatable bonds is 14. The van der Waals surface area contributed by atoms with Gasteiger partial charge in [-0.15, -0.1) is 0 Å². The standard InChI is InChI=1S/C48H40N6O12/c1-61-37-21-27(43(55)51-31-17-13-29(47(59)65-5)23-39(31)63-3)11-15-33(37)53-45(57)35-19-9-25-7-8-26-10-20-36(50-42(26)41(25)49-35)46(58)54-34-16-12-28(22-38(34)62-2)44(56)52-32-18-14-30(48(60)66-6)24-40(32)64-4/h7-24H,1-6H3,(H,51,55)(H,52,56)(H,53,57)(H,54,58). The van der Waals surface area contributed by atoms with Gasteiger partial charge in [0.15, 0.2) is 0 Å². The Morgan fingerprint density at radius 2 is 0.652 bits per heavy atom. The van der Waals surface area contributed by atoms with Crippen molar-refractivity contribution in [2.75, 3.05) is 63.9 Å². The molecule has 0 aliphatic rings. The van der Waals surface area contributed by atoms with Gasteiger partial charge in [-0.3, -0.25) is 19.2 Å². The molecule has 334 valence electrons. The molecule has 7 rings (SSSR count). The largest absolute Gasteiger partial charge is 0.495 e. The Morgan fingerprint density at radius 3 is 0.970 bits per heavy atom. The number of benzene rings is 5. The summed E-state index contributed by atoms with van der Waals surface area (Å²) >= 11 is 0. The van der Waals surface area contributed by atoms with Crippen molar-refractivity contribution in [3.05, 3.63) is 143 Å². The van der Waals surface area contributed by atoms with Gasteiger partial charge in [0.25, 0.3) is 23.6 Å². The Balaban J connectivity index is 1.07. The number of methoxy groups -OCH3 is 6. The average molecular weight is 893 g/mol. The molecule has 0 aliphatic heterocycles. The summed E-state index contributed by atoms with van der Waals surface area (Å²) in [5, 5.41) is 12.4. The molecule has 5 aromatic carbocycles. The Kier molecular flexibility index (Phi) is 13.3. The molecule has 7 aromatic rings. The van der Waals surface area contributed by atoms with Crippen LogP contribution in [0.15, 0.2) is 109 Å². The van der Waals surface area contributed by atoms with E-state index < -0.39 is 35.6 Å². The maximum absolute atomic E-state index is 13.7. The van der Waals surface area contributed by atoms with Gasteiger partial charge in [0.2, 0.25) is 0 Å². The number of nitrogens with one attached hydrogen (secondary N) is 4. The Labute approximate surface area is 376 Å². The van der Waals surface area contributed by atoms with Gasteiger partial charge in [-0.1, -0.05) is 24.3 Å². The zero-order valence-corrected chi connectivity index (χ0v) is 36.2. The van der Waals surface area contributed by atoms with Crippen LogP contribution in [0.1, 0.15) is 62.4 Å². The number of anilines is 4. The predicted molar refractivity (Wildman–Crippen MR) is 244 cm³/mol. The van der Waals surface area contributed by atoms with Crippen molar-refractivity contribution in [2.24, 2.45) is 0 Å². The monoisotopic (exact) mass is 892 g/mol. The topological polar surface area (TPSA) is 232 Å². The van der Waals surface area contributed by atoms with E-state index in [1.165, 1.54) is 115 Å². The first-order valence-electron chi connectivity index (χ1n) is 19.7. The summed E-state index contributed by atoms with van der Waals surface area (Å²) in [7, 11) is 8.10. The normalized spacial score (nSPS) is 10.6. The summed E-state index contributed by atoms with van der Waals surface area (Å²) in [4.78, 5) is 87.0. The smallest absolute Gasteiger partial charge is 0.337 e. The van der Waals surface area contributed by atoms with E-state index in [1.54, 1.807) is 24.3 Å². The average Bonchev–Trinajstić information content (AvgIpc) is 3.35. The fourth-order valence-electron chi connectivity index (χ4n) is 6.73. The zero-order chi connectivity index (χ0) is 47.1. The van der Waals surface area contributed by atoms with Gasteiger partial charge in [-0.25, -0.2) is 19.6 Å². The SMILES string of the molecule is COC(=O)c1ccc(NC(=O)c2ccc(NC(=O)c3ccc4ccc5ccc(C(=O)Nc6ccc(C(=O)Nc7ccc(C(=O)OC)cc7OC)cc6OC)nc5c4n3)c(OC)c2)c(OC)c1. The number of carbonyl (C=O) groups is 6. The second kappa shape index (κ2) is 19.5. The van der Waals surface area contributed by atoms with E-state index in [0.717, 1.165) is 0 Å².